The third-order valence-electron chi connectivity index (χ3n) is 2.44. The van der Waals surface area contributed by atoms with Gasteiger partial charge in [-0.3, -0.25) is 13.3 Å². The van der Waals surface area contributed by atoms with Gasteiger partial charge < -0.3 is 19.4 Å². The standard InChI is InChI=1S/C11H13N3O5S/c15-10(16)7-12-5-6-14(20(17)18)11-13-8-3-1-2-4-9(8)19-11/h1-4,12H,5-7H2,(H,15,16)(H,17,18)/p-1. The van der Waals surface area contributed by atoms with E-state index in [0.29, 0.717) is 11.1 Å². The highest BCUT2D eigenvalue weighted by molar-refractivity contribution is 7.80. The third kappa shape index (κ3) is 3.53. The second-order valence-electron chi connectivity index (χ2n) is 3.85. The summed E-state index contributed by atoms with van der Waals surface area (Å²) in [6.07, 6.45) is 0. The van der Waals surface area contributed by atoms with Gasteiger partial charge >= 0.3 is 12.0 Å². The average molecular weight is 298 g/mol. The zero-order valence-corrected chi connectivity index (χ0v) is 11.1. The zero-order valence-electron chi connectivity index (χ0n) is 10.3. The molecule has 2 N–H and O–H groups in total. The number of carboxylic acid groups (broad SMARTS) is 1. The quantitative estimate of drug-likeness (QED) is 0.549. The first kappa shape index (κ1) is 14.4. The van der Waals surface area contributed by atoms with Crippen molar-refractivity contribution in [3.63, 3.8) is 0 Å². The van der Waals surface area contributed by atoms with E-state index in [9.17, 15) is 13.6 Å². The van der Waals surface area contributed by atoms with Crippen molar-refractivity contribution in [2.75, 3.05) is 23.9 Å². The molecule has 1 aromatic carbocycles. The van der Waals surface area contributed by atoms with E-state index in [1.807, 2.05) is 0 Å². The summed E-state index contributed by atoms with van der Waals surface area (Å²) in [5.41, 5.74) is 1.04. The Bertz CT molecular complexity index is 596. The molecule has 1 atom stereocenters. The molecule has 1 heterocycles. The van der Waals surface area contributed by atoms with Gasteiger partial charge in [0.2, 0.25) is 0 Å². The number of hydrogen-bond donors (Lipinski definition) is 2. The molecule has 108 valence electrons. The lowest BCUT2D eigenvalue weighted by Gasteiger charge is -2.22. The number of fused-ring (bicyclic) bond motifs is 1. The van der Waals surface area contributed by atoms with E-state index in [1.165, 1.54) is 0 Å². The Kier molecular flexibility index (Phi) is 4.66. The van der Waals surface area contributed by atoms with Gasteiger partial charge in [0, 0.05) is 13.1 Å². The number of nitrogens with zero attached hydrogens (tertiary/aromatic N) is 2. The third-order valence-corrected chi connectivity index (χ3v) is 3.14. The van der Waals surface area contributed by atoms with E-state index in [4.69, 9.17) is 9.52 Å². The molecule has 0 fully saturated rings. The SMILES string of the molecule is O=C(O)CNCCN(c1nc2ccccc2o1)S(=O)[O-]. The molecule has 0 bridgehead atoms. The van der Waals surface area contributed by atoms with Gasteiger partial charge in [-0.2, -0.15) is 4.98 Å². The van der Waals surface area contributed by atoms with Crippen LogP contribution in [-0.2, 0) is 16.1 Å². The fourth-order valence-corrected chi connectivity index (χ4v) is 2.02. The van der Waals surface area contributed by atoms with E-state index >= 15 is 0 Å². The van der Waals surface area contributed by atoms with Gasteiger partial charge in [0.1, 0.15) is 5.52 Å². The van der Waals surface area contributed by atoms with Gasteiger partial charge in [-0.05, 0) is 12.1 Å². The molecule has 20 heavy (non-hydrogen) atoms. The Hall–Kier alpha value is -1.97. The van der Waals surface area contributed by atoms with Crippen molar-refractivity contribution in [3.05, 3.63) is 24.3 Å². The van der Waals surface area contributed by atoms with Crippen molar-refractivity contribution >= 4 is 34.4 Å². The minimum Gasteiger partial charge on any atom is -0.755 e. The molecule has 2 rings (SSSR count). The predicted octanol–water partition coefficient (Wildman–Crippen LogP) is 0.103. The van der Waals surface area contributed by atoms with Crippen LogP contribution in [0.4, 0.5) is 6.01 Å². The summed E-state index contributed by atoms with van der Waals surface area (Å²) in [6, 6.07) is 6.86. The minimum absolute atomic E-state index is 0.0240. The lowest BCUT2D eigenvalue weighted by Crippen LogP contribution is -2.35. The first-order chi connectivity index (χ1) is 9.58. The molecule has 1 aromatic heterocycles. The number of para-hydroxylation sites is 2. The summed E-state index contributed by atoms with van der Waals surface area (Å²) in [7, 11) is 0. The Morgan fingerprint density at radius 3 is 2.90 bits per heavy atom. The Balaban J connectivity index is 2.08. The number of anilines is 1. The largest absolute Gasteiger partial charge is 0.755 e. The minimum atomic E-state index is -2.56. The maximum absolute atomic E-state index is 11.2. The van der Waals surface area contributed by atoms with E-state index in [-0.39, 0.29) is 25.6 Å². The molecule has 0 amide bonds. The molecular weight excluding hydrogens is 286 g/mol. The number of carbonyl (C=O) groups is 1. The molecule has 0 saturated heterocycles. The first-order valence-electron chi connectivity index (χ1n) is 5.73. The van der Waals surface area contributed by atoms with Crippen LogP contribution in [0.25, 0.3) is 11.1 Å². The van der Waals surface area contributed by atoms with Crippen LogP contribution in [0.5, 0.6) is 0 Å². The van der Waals surface area contributed by atoms with Crippen LogP contribution >= 0.6 is 0 Å². The first-order valence-corrected chi connectivity index (χ1v) is 6.76. The highest BCUT2D eigenvalue weighted by atomic mass is 32.2. The van der Waals surface area contributed by atoms with Gasteiger partial charge in [0.15, 0.2) is 5.58 Å². The van der Waals surface area contributed by atoms with Crippen molar-refractivity contribution < 1.29 is 23.1 Å². The molecule has 0 saturated carbocycles. The van der Waals surface area contributed by atoms with Crippen molar-refractivity contribution in [2.45, 2.75) is 0 Å². The fourth-order valence-electron chi connectivity index (χ4n) is 1.58. The Morgan fingerprint density at radius 1 is 1.50 bits per heavy atom. The highest BCUT2D eigenvalue weighted by Gasteiger charge is 2.14. The number of aliphatic carboxylic acids is 1. The summed E-state index contributed by atoms with van der Waals surface area (Å²) < 4.78 is 28.6. The number of hydrogen-bond acceptors (Lipinski definition) is 6. The maximum atomic E-state index is 11.2. The number of aromatic nitrogens is 1. The van der Waals surface area contributed by atoms with E-state index in [2.05, 4.69) is 10.3 Å². The van der Waals surface area contributed by atoms with E-state index in [0.717, 1.165) is 4.31 Å². The maximum Gasteiger partial charge on any atom is 0.317 e. The normalized spacial score (nSPS) is 12.4. The van der Waals surface area contributed by atoms with Crippen LogP contribution in [0.15, 0.2) is 28.7 Å². The molecular formula is C11H12N3O5S-. The van der Waals surface area contributed by atoms with Crippen molar-refractivity contribution in [1.82, 2.24) is 10.3 Å². The second-order valence-corrected chi connectivity index (χ2v) is 4.73. The molecule has 0 aliphatic heterocycles. The number of oxazole rings is 1. The number of nitrogens with one attached hydrogen (secondary N) is 1. The van der Waals surface area contributed by atoms with Gasteiger partial charge in [-0.15, -0.1) is 0 Å². The van der Waals surface area contributed by atoms with Crippen LogP contribution in [0.2, 0.25) is 0 Å². The van der Waals surface area contributed by atoms with Gasteiger partial charge in [-0.1, -0.05) is 12.1 Å². The van der Waals surface area contributed by atoms with E-state index < -0.39 is 17.2 Å². The van der Waals surface area contributed by atoms with Crippen molar-refractivity contribution in [1.29, 1.82) is 0 Å². The summed E-state index contributed by atoms with van der Waals surface area (Å²) >= 11 is -2.56. The Morgan fingerprint density at radius 2 is 2.25 bits per heavy atom. The number of benzene rings is 1. The lowest BCUT2D eigenvalue weighted by molar-refractivity contribution is -0.135. The molecule has 1 unspecified atom stereocenters. The topological polar surface area (TPSA) is 119 Å². The average Bonchev–Trinajstić information content (AvgIpc) is 2.80. The summed E-state index contributed by atoms with van der Waals surface area (Å²) in [4.78, 5) is 14.4. The molecule has 0 spiro atoms. The molecule has 9 heteroatoms. The van der Waals surface area contributed by atoms with Crippen LogP contribution < -0.4 is 9.62 Å². The predicted molar refractivity (Wildman–Crippen MR) is 70.8 cm³/mol. The molecule has 8 nitrogen and oxygen atoms in total. The van der Waals surface area contributed by atoms with Crippen LogP contribution in [-0.4, -0.2) is 44.5 Å². The highest BCUT2D eigenvalue weighted by Crippen LogP contribution is 2.21. The van der Waals surface area contributed by atoms with Crippen LogP contribution in [0.3, 0.4) is 0 Å². The van der Waals surface area contributed by atoms with Gasteiger partial charge in [0.05, 0.1) is 17.8 Å². The smallest absolute Gasteiger partial charge is 0.317 e. The van der Waals surface area contributed by atoms with E-state index in [1.54, 1.807) is 24.3 Å². The monoisotopic (exact) mass is 298 g/mol. The van der Waals surface area contributed by atoms with Crippen molar-refractivity contribution in [3.8, 4) is 0 Å². The van der Waals surface area contributed by atoms with Gasteiger partial charge in [-0.25, -0.2) is 0 Å². The Labute approximate surface area is 116 Å². The number of rotatable bonds is 7. The molecule has 0 aliphatic rings. The summed E-state index contributed by atoms with van der Waals surface area (Å²) in [6.45, 7) is -0.0535. The summed E-state index contributed by atoms with van der Waals surface area (Å²) in [5.74, 6) is -1.01. The second kappa shape index (κ2) is 6.46. The molecule has 2 aromatic rings. The number of carboxylic acids is 1. The van der Waals surface area contributed by atoms with Crippen LogP contribution in [0, 0.1) is 0 Å². The van der Waals surface area contributed by atoms with Gasteiger partial charge in [0.25, 0.3) is 0 Å². The fraction of sp³-hybridized carbons (Fsp3) is 0.273. The van der Waals surface area contributed by atoms with Crippen LogP contribution in [0.1, 0.15) is 0 Å². The zero-order chi connectivity index (χ0) is 14.5. The molecule has 0 radical (unpaired) electrons. The van der Waals surface area contributed by atoms with Crippen molar-refractivity contribution in [2.24, 2.45) is 0 Å². The molecule has 0 aliphatic carbocycles. The summed E-state index contributed by atoms with van der Waals surface area (Å²) in [5, 5.41) is 11.1. The lowest BCUT2D eigenvalue weighted by atomic mass is 10.3.